The maximum atomic E-state index is 6.44. The smallest absolute Gasteiger partial charge is 0.0663 e. The lowest BCUT2D eigenvalue weighted by Gasteiger charge is -2.32. The van der Waals surface area contributed by atoms with Crippen LogP contribution in [0.4, 0.5) is 5.69 Å². The highest BCUT2D eigenvalue weighted by atomic mass is 35.5. The average Bonchev–Trinajstić information content (AvgIpc) is 2.38. The maximum Gasteiger partial charge on any atom is 0.0663 e. The third-order valence-electron chi connectivity index (χ3n) is 3.48. The first-order valence-electron chi connectivity index (χ1n) is 7.58. The lowest BCUT2D eigenvalue weighted by atomic mass is 10.1. The van der Waals surface area contributed by atoms with Crippen molar-refractivity contribution in [2.75, 3.05) is 25.2 Å². The third kappa shape index (κ3) is 5.50. The molecule has 0 spiro atoms. The van der Waals surface area contributed by atoms with Gasteiger partial charge in [-0.15, -0.1) is 0 Å². The lowest BCUT2D eigenvalue weighted by Crippen LogP contribution is -2.39. The van der Waals surface area contributed by atoms with Crippen LogP contribution in [-0.4, -0.2) is 31.8 Å². The lowest BCUT2D eigenvalue weighted by molar-refractivity contribution is 0.182. The molecule has 0 aliphatic carbocycles. The molecule has 0 aromatic heterocycles. The van der Waals surface area contributed by atoms with E-state index in [-0.39, 0.29) is 5.54 Å². The number of nitrogens with zero attached hydrogens (tertiary/aromatic N) is 1. The van der Waals surface area contributed by atoms with Gasteiger partial charge in [0.25, 0.3) is 0 Å². The molecule has 0 aliphatic heterocycles. The molecular weight excluding hydrogens is 284 g/mol. The number of rotatable bonds is 7. The molecule has 21 heavy (non-hydrogen) atoms. The summed E-state index contributed by atoms with van der Waals surface area (Å²) in [4.78, 5) is 2.34. The van der Waals surface area contributed by atoms with E-state index < -0.39 is 0 Å². The summed E-state index contributed by atoms with van der Waals surface area (Å²) in [6, 6.07) is 6.42. The maximum absolute atomic E-state index is 6.44. The first kappa shape index (κ1) is 18.3. The fraction of sp³-hybridized carbons (Fsp3) is 0.647. The van der Waals surface area contributed by atoms with E-state index in [9.17, 15) is 0 Å². The predicted octanol–water partition coefficient (Wildman–Crippen LogP) is 4.09. The number of hydrogen-bond acceptors (Lipinski definition) is 3. The zero-order valence-electron chi connectivity index (χ0n) is 14.2. The molecule has 1 rings (SSSR count). The second kappa shape index (κ2) is 8.02. The number of ether oxygens (including phenoxy) is 1. The van der Waals surface area contributed by atoms with Gasteiger partial charge in [0, 0.05) is 48.1 Å². The minimum atomic E-state index is 0.0611. The number of halogens is 1. The van der Waals surface area contributed by atoms with E-state index in [1.54, 1.807) is 7.11 Å². The van der Waals surface area contributed by atoms with Crippen LogP contribution in [0.3, 0.4) is 0 Å². The summed E-state index contributed by atoms with van der Waals surface area (Å²) in [7, 11) is 1.74. The van der Waals surface area contributed by atoms with Crippen LogP contribution in [0, 0.1) is 0 Å². The van der Waals surface area contributed by atoms with Crippen molar-refractivity contribution in [3.05, 3.63) is 28.8 Å². The van der Waals surface area contributed by atoms with E-state index in [1.807, 2.05) is 12.1 Å². The Morgan fingerprint density at radius 3 is 2.52 bits per heavy atom. The van der Waals surface area contributed by atoms with Crippen molar-refractivity contribution < 1.29 is 4.74 Å². The van der Waals surface area contributed by atoms with Crippen molar-refractivity contribution in [3.8, 4) is 0 Å². The SMILES string of the molecule is CCN(c1cccc(Cl)c1CNC(C)(C)C)C(C)COC. The fourth-order valence-electron chi connectivity index (χ4n) is 2.40. The van der Waals surface area contributed by atoms with Crippen LogP contribution in [-0.2, 0) is 11.3 Å². The normalized spacial score (nSPS) is 13.3. The first-order valence-corrected chi connectivity index (χ1v) is 7.96. The van der Waals surface area contributed by atoms with Crippen molar-refractivity contribution in [2.45, 2.75) is 52.7 Å². The van der Waals surface area contributed by atoms with Crippen molar-refractivity contribution in [2.24, 2.45) is 0 Å². The average molecular weight is 313 g/mol. The van der Waals surface area contributed by atoms with Crippen LogP contribution in [0.5, 0.6) is 0 Å². The van der Waals surface area contributed by atoms with Gasteiger partial charge in [-0.1, -0.05) is 17.7 Å². The molecule has 4 heteroatoms. The Morgan fingerprint density at radius 1 is 1.33 bits per heavy atom. The summed E-state index contributed by atoms with van der Waals surface area (Å²) >= 11 is 6.44. The summed E-state index contributed by atoms with van der Waals surface area (Å²) in [5.74, 6) is 0. The second-order valence-electron chi connectivity index (χ2n) is 6.43. The van der Waals surface area contributed by atoms with Gasteiger partial charge in [0.05, 0.1) is 6.61 Å². The highest BCUT2D eigenvalue weighted by Gasteiger charge is 2.19. The number of anilines is 1. The minimum absolute atomic E-state index is 0.0611. The van der Waals surface area contributed by atoms with Crippen LogP contribution < -0.4 is 10.2 Å². The molecule has 3 nitrogen and oxygen atoms in total. The molecule has 0 bridgehead atoms. The Labute approximate surface area is 134 Å². The second-order valence-corrected chi connectivity index (χ2v) is 6.84. The van der Waals surface area contributed by atoms with E-state index in [0.29, 0.717) is 12.6 Å². The van der Waals surface area contributed by atoms with E-state index in [4.69, 9.17) is 16.3 Å². The Bertz CT molecular complexity index is 443. The molecule has 1 aromatic carbocycles. The molecule has 1 N–H and O–H groups in total. The summed E-state index contributed by atoms with van der Waals surface area (Å²) in [5, 5.41) is 4.34. The van der Waals surface area contributed by atoms with Crippen LogP contribution in [0.25, 0.3) is 0 Å². The molecule has 0 radical (unpaired) electrons. The molecular formula is C17H29ClN2O. The van der Waals surface area contributed by atoms with Gasteiger partial charge < -0.3 is 15.0 Å². The molecule has 0 heterocycles. The Balaban J connectivity index is 3.07. The molecule has 1 unspecified atom stereocenters. The highest BCUT2D eigenvalue weighted by molar-refractivity contribution is 6.31. The van der Waals surface area contributed by atoms with E-state index >= 15 is 0 Å². The van der Waals surface area contributed by atoms with Crippen LogP contribution in [0.2, 0.25) is 5.02 Å². The molecule has 1 aromatic rings. The molecule has 0 saturated carbocycles. The van der Waals surface area contributed by atoms with Crippen molar-refractivity contribution >= 4 is 17.3 Å². The largest absolute Gasteiger partial charge is 0.383 e. The Kier molecular flexibility index (Phi) is 6.98. The van der Waals surface area contributed by atoms with Gasteiger partial charge in [-0.3, -0.25) is 0 Å². The number of hydrogen-bond donors (Lipinski definition) is 1. The monoisotopic (exact) mass is 312 g/mol. The third-order valence-corrected chi connectivity index (χ3v) is 3.83. The topological polar surface area (TPSA) is 24.5 Å². The Hall–Kier alpha value is -0.770. The number of methoxy groups -OCH3 is 1. The molecule has 0 saturated heterocycles. The molecule has 0 amide bonds. The van der Waals surface area contributed by atoms with Crippen LogP contribution in [0.1, 0.15) is 40.2 Å². The van der Waals surface area contributed by atoms with Crippen molar-refractivity contribution in [3.63, 3.8) is 0 Å². The standard InChI is InChI=1S/C17H29ClN2O/c1-7-20(13(2)12-21-6)16-10-8-9-15(18)14(16)11-19-17(3,4)5/h8-10,13,19H,7,11-12H2,1-6H3. The zero-order chi connectivity index (χ0) is 16.0. The zero-order valence-corrected chi connectivity index (χ0v) is 14.9. The summed E-state index contributed by atoms with van der Waals surface area (Å²) in [5.41, 5.74) is 2.40. The highest BCUT2D eigenvalue weighted by Crippen LogP contribution is 2.29. The first-order chi connectivity index (χ1) is 9.80. The molecule has 0 aliphatic rings. The fourth-order valence-corrected chi connectivity index (χ4v) is 2.63. The van der Waals surface area contributed by atoms with Crippen molar-refractivity contribution in [1.82, 2.24) is 5.32 Å². The van der Waals surface area contributed by atoms with Gasteiger partial charge >= 0.3 is 0 Å². The predicted molar refractivity (Wildman–Crippen MR) is 92.4 cm³/mol. The van der Waals surface area contributed by atoms with Crippen molar-refractivity contribution in [1.29, 1.82) is 0 Å². The van der Waals surface area contributed by atoms with Gasteiger partial charge in [-0.2, -0.15) is 0 Å². The van der Waals surface area contributed by atoms with Gasteiger partial charge in [-0.05, 0) is 46.8 Å². The molecule has 0 fully saturated rings. The summed E-state index contributed by atoms with van der Waals surface area (Å²) in [6.45, 7) is 13.2. The van der Waals surface area contributed by atoms with Crippen LogP contribution >= 0.6 is 11.6 Å². The summed E-state index contributed by atoms with van der Waals surface area (Å²) < 4.78 is 5.30. The minimum Gasteiger partial charge on any atom is -0.383 e. The van der Waals surface area contributed by atoms with Gasteiger partial charge in [-0.25, -0.2) is 0 Å². The molecule has 1 atom stereocenters. The van der Waals surface area contributed by atoms with Gasteiger partial charge in [0.15, 0.2) is 0 Å². The molecule has 120 valence electrons. The number of benzene rings is 1. The van der Waals surface area contributed by atoms with Gasteiger partial charge in [0.2, 0.25) is 0 Å². The number of nitrogens with one attached hydrogen (secondary N) is 1. The van der Waals surface area contributed by atoms with Gasteiger partial charge in [0.1, 0.15) is 0 Å². The van der Waals surface area contributed by atoms with Crippen LogP contribution in [0.15, 0.2) is 18.2 Å². The Morgan fingerprint density at radius 2 is 2.00 bits per heavy atom. The van der Waals surface area contributed by atoms with E-state index in [2.05, 4.69) is 50.9 Å². The quantitative estimate of drug-likeness (QED) is 0.820. The van der Waals surface area contributed by atoms with E-state index in [0.717, 1.165) is 23.7 Å². The van der Waals surface area contributed by atoms with E-state index in [1.165, 1.54) is 5.69 Å². The summed E-state index contributed by atoms with van der Waals surface area (Å²) in [6.07, 6.45) is 0. The number of likely N-dealkylation sites (N-methyl/N-ethyl adjacent to an activating group) is 1.